The molecule has 0 fully saturated rings. The maximum Gasteiger partial charge on any atom is 0.0747 e. The van der Waals surface area contributed by atoms with E-state index in [-0.39, 0.29) is 6.10 Å². The van der Waals surface area contributed by atoms with Gasteiger partial charge in [-0.3, -0.25) is 0 Å². The number of aliphatic hydroxyl groups is 1. The third-order valence-corrected chi connectivity index (χ3v) is 3.52. The maximum atomic E-state index is 9.66. The monoisotopic (exact) mass is 220 g/mol. The molecule has 0 aromatic rings. The lowest BCUT2D eigenvalue weighted by atomic mass is 9.83. The van der Waals surface area contributed by atoms with Gasteiger partial charge in [-0.15, -0.1) is 0 Å². The molecule has 0 spiro atoms. The van der Waals surface area contributed by atoms with Crippen molar-refractivity contribution in [2.75, 3.05) is 0 Å². The molecule has 0 heterocycles. The molecular weight excluding hydrogens is 196 g/mol. The van der Waals surface area contributed by atoms with Crippen molar-refractivity contribution in [3.05, 3.63) is 36.0 Å². The number of hydrogen-bond acceptors (Lipinski definition) is 1. The Morgan fingerprint density at radius 1 is 1.56 bits per heavy atom. The second-order valence-corrected chi connectivity index (χ2v) is 5.08. The Hall–Kier alpha value is -0.820. The van der Waals surface area contributed by atoms with Crippen LogP contribution in [0.4, 0.5) is 0 Å². The maximum absolute atomic E-state index is 9.66. The molecule has 0 aromatic heterocycles. The molecule has 0 aromatic carbocycles. The first-order valence-corrected chi connectivity index (χ1v) is 6.17. The Morgan fingerprint density at radius 3 is 2.75 bits per heavy atom. The molecule has 1 N–H and O–H groups in total. The molecule has 1 nitrogen and oxygen atoms in total. The van der Waals surface area contributed by atoms with Gasteiger partial charge >= 0.3 is 0 Å². The molecule has 1 aliphatic rings. The standard InChI is InChI=1S/C15H24O/c1-11(2)15(16)10-7-13(4)14-8-5-12(3)6-9-14/h5,14-16H,1,4,6-10H2,2-3H3. The van der Waals surface area contributed by atoms with Crippen molar-refractivity contribution in [3.8, 4) is 0 Å². The molecule has 2 unspecified atom stereocenters. The van der Waals surface area contributed by atoms with Gasteiger partial charge in [-0.2, -0.15) is 0 Å². The predicted octanol–water partition coefficient (Wildman–Crippen LogP) is 4.01. The molecule has 1 heteroatoms. The first kappa shape index (κ1) is 13.2. The van der Waals surface area contributed by atoms with Gasteiger partial charge in [0.2, 0.25) is 0 Å². The second kappa shape index (κ2) is 6.05. The minimum Gasteiger partial charge on any atom is -0.389 e. The SMILES string of the molecule is C=C(C)C(O)CCC(=C)C1CC=C(C)CC1. The van der Waals surface area contributed by atoms with E-state index in [1.807, 2.05) is 6.92 Å². The summed E-state index contributed by atoms with van der Waals surface area (Å²) < 4.78 is 0. The number of rotatable bonds is 5. The smallest absolute Gasteiger partial charge is 0.0747 e. The summed E-state index contributed by atoms with van der Waals surface area (Å²) in [7, 11) is 0. The fourth-order valence-corrected chi connectivity index (χ4v) is 2.11. The van der Waals surface area contributed by atoms with E-state index in [1.54, 1.807) is 0 Å². The zero-order valence-electron chi connectivity index (χ0n) is 10.6. The van der Waals surface area contributed by atoms with Crippen molar-refractivity contribution in [2.45, 2.75) is 52.1 Å². The lowest BCUT2D eigenvalue weighted by molar-refractivity contribution is 0.200. The Bertz CT molecular complexity index is 299. The summed E-state index contributed by atoms with van der Waals surface area (Å²) in [5.74, 6) is 0.626. The summed E-state index contributed by atoms with van der Waals surface area (Å²) in [4.78, 5) is 0. The summed E-state index contributed by atoms with van der Waals surface area (Å²) in [6, 6.07) is 0. The van der Waals surface area contributed by atoms with Crippen LogP contribution >= 0.6 is 0 Å². The van der Waals surface area contributed by atoms with Crippen LogP contribution < -0.4 is 0 Å². The minimum absolute atomic E-state index is 0.363. The molecule has 0 bridgehead atoms. The Morgan fingerprint density at radius 2 is 2.25 bits per heavy atom. The van der Waals surface area contributed by atoms with Crippen molar-refractivity contribution in [3.63, 3.8) is 0 Å². The van der Waals surface area contributed by atoms with Crippen LogP contribution in [0.15, 0.2) is 36.0 Å². The molecule has 0 saturated carbocycles. The summed E-state index contributed by atoms with van der Waals surface area (Å²) >= 11 is 0. The molecule has 2 atom stereocenters. The summed E-state index contributed by atoms with van der Waals surface area (Å²) in [6.45, 7) is 12.0. The van der Waals surface area contributed by atoms with Crippen LogP contribution in [0.25, 0.3) is 0 Å². The van der Waals surface area contributed by atoms with E-state index in [9.17, 15) is 5.11 Å². The number of allylic oxidation sites excluding steroid dienone is 3. The number of hydrogen-bond donors (Lipinski definition) is 1. The van der Waals surface area contributed by atoms with Crippen LogP contribution in [0.3, 0.4) is 0 Å². The van der Waals surface area contributed by atoms with E-state index in [2.05, 4.69) is 26.2 Å². The third kappa shape index (κ3) is 3.97. The van der Waals surface area contributed by atoms with E-state index >= 15 is 0 Å². The van der Waals surface area contributed by atoms with Gasteiger partial charge in [-0.05, 0) is 51.9 Å². The molecule has 90 valence electrons. The fraction of sp³-hybridized carbons (Fsp3) is 0.600. The highest BCUT2D eigenvalue weighted by atomic mass is 16.3. The lowest BCUT2D eigenvalue weighted by Gasteiger charge is -2.23. The van der Waals surface area contributed by atoms with Crippen molar-refractivity contribution < 1.29 is 5.11 Å². The lowest BCUT2D eigenvalue weighted by Crippen LogP contribution is -2.11. The normalized spacial score (nSPS) is 22.4. The van der Waals surface area contributed by atoms with Gasteiger partial charge in [0.25, 0.3) is 0 Å². The van der Waals surface area contributed by atoms with E-state index in [4.69, 9.17) is 0 Å². The van der Waals surface area contributed by atoms with Gasteiger partial charge in [0.05, 0.1) is 6.10 Å². The zero-order chi connectivity index (χ0) is 12.1. The molecular formula is C15H24O. The van der Waals surface area contributed by atoms with Gasteiger partial charge in [-0.1, -0.05) is 36.0 Å². The summed E-state index contributed by atoms with van der Waals surface area (Å²) in [5, 5.41) is 9.66. The predicted molar refractivity (Wildman–Crippen MR) is 70.3 cm³/mol. The van der Waals surface area contributed by atoms with E-state index in [0.717, 1.165) is 24.8 Å². The molecule has 1 aliphatic carbocycles. The average molecular weight is 220 g/mol. The second-order valence-electron chi connectivity index (χ2n) is 5.08. The van der Waals surface area contributed by atoms with Crippen molar-refractivity contribution >= 4 is 0 Å². The van der Waals surface area contributed by atoms with Gasteiger partial charge in [-0.25, -0.2) is 0 Å². The van der Waals surface area contributed by atoms with Gasteiger partial charge in [0.1, 0.15) is 0 Å². The van der Waals surface area contributed by atoms with Gasteiger partial charge in [0.15, 0.2) is 0 Å². The summed E-state index contributed by atoms with van der Waals surface area (Å²) in [5.41, 5.74) is 3.65. The van der Waals surface area contributed by atoms with E-state index in [1.165, 1.54) is 24.0 Å². The highest BCUT2D eigenvalue weighted by molar-refractivity contribution is 5.12. The third-order valence-electron chi connectivity index (χ3n) is 3.52. The molecule has 1 rings (SSSR count). The highest BCUT2D eigenvalue weighted by Gasteiger charge is 2.16. The molecule has 16 heavy (non-hydrogen) atoms. The van der Waals surface area contributed by atoms with Crippen molar-refractivity contribution in [2.24, 2.45) is 5.92 Å². The highest BCUT2D eigenvalue weighted by Crippen LogP contribution is 2.30. The van der Waals surface area contributed by atoms with Crippen LogP contribution in [0, 0.1) is 5.92 Å². The van der Waals surface area contributed by atoms with Crippen molar-refractivity contribution in [1.82, 2.24) is 0 Å². The molecule has 0 amide bonds. The Balaban J connectivity index is 2.33. The largest absolute Gasteiger partial charge is 0.389 e. The van der Waals surface area contributed by atoms with Gasteiger partial charge in [0, 0.05) is 0 Å². The first-order valence-electron chi connectivity index (χ1n) is 6.17. The van der Waals surface area contributed by atoms with E-state index < -0.39 is 0 Å². The Kier molecular flexibility index (Phi) is 5.01. The molecule has 0 saturated heterocycles. The van der Waals surface area contributed by atoms with Crippen LogP contribution in [0.2, 0.25) is 0 Å². The van der Waals surface area contributed by atoms with Crippen LogP contribution in [0.1, 0.15) is 46.0 Å². The molecule has 0 radical (unpaired) electrons. The fourth-order valence-electron chi connectivity index (χ4n) is 2.11. The summed E-state index contributed by atoms with van der Waals surface area (Å²) in [6.07, 6.45) is 7.22. The van der Waals surface area contributed by atoms with Crippen LogP contribution in [-0.4, -0.2) is 11.2 Å². The Labute approximate surface area is 99.6 Å². The van der Waals surface area contributed by atoms with E-state index in [0.29, 0.717) is 5.92 Å². The quantitative estimate of drug-likeness (QED) is 0.694. The zero-order valence-corrected chi connectivity index (χ0v) is 10.6. The first-order chi connectivity index (χ1) is 7.50. The minimum atomic E-state index is -0.363. The number of aliphatic hydroxyl groups excluding tert-OH is 1. The van der Waals surface area contributed by atoms with Gasteiger partial charge < -0.3 is 5.11 Å². The average Bonchev–Trinajstić information content (AvgIpc) is 2.26. The van der Waals surface area contributed by atoms with Crippen LogP contribution in [0.5, 0.6) is 0 Å². The molecule has 0 aliphatic heterocycles. The van der Waals surface area contributed by atoms with Crippen LogP contribution in [-0.2, 0) is 0 Å². The topological polar surface area (TPSA) is 20.2 Å². The van der Waals surface area contributed by atoms with Crippen molar-refractivity contribution in [1.29, 1.82) is 0 Å².